The molecule has 2 heterocycles. The van der Waals surface area contributed by atoms with Crippen LogP contribution < -0.4 is 15.0 Å². The minimum Gasteiger partial charge on any atom is -0.495 e. The van der Waals surface area contributed by atoms with Crippen LogP contribution in [0.25, 0.3) is 0 Å². The van der Waals surface area contributed by atoms with Crippen LogP contribution >= 0.6 is 11.8 Å². The first-order chi connectivity index (χ1) is 15.4. The molecule has 1 atom stereocenters. The molecule has 0 bridgehead atoms. The van der Waals surface area contributed by atoms with Crippen LogP contribution in [-0.2, 0) is 4.79 Å². The van der Waals surface area contributed by atoms with E-state index in [0.717, 1.165) is 55.8 Å². The lowest BCUT2D eigenvalue weighted by Crippen LogP contribution is -2.34. The van der Waals surface area contributed by atoms with Crippen molar-refractivity contribution in [2.24, 2.45) is 5.92 Å². The zero-order valence-corrected chi connectivity index (χ0v) is 19.3. The molecule has 172 valence electrons. The van der Waals surface area contributed by atoms with E-state index in [9.17, 15) is 14.9 Å². The van der Waals surface area contributed by atoms with Crippen LogP contribution in [0.2, 0.25) is 0 Å². The molecule has 1 saturated heterocycles. The van der Waals surface area contributed by atoms with Gasteiger partial charge in [0.15, 0.2) is 5.16 Å². The van der Waals surface area contributed by atoms with Gasteiger partial charge in [0.1, 0.15) is 5.75 Å². The van der Waals surface area contributed by atoms with E-state index in [0.29, 0.717) is 11.8 Å². The van der Waals surface area contributed by atoms with Crippen molar-refractivity contribution >= 4 is 35.0 Å². The number of anilines is 2. The summed E-state index contributed by atoms with van der Waals surface area (Å²) in [6.45, 7) is 6.01. The number of nitrogens with zero attached hydrogens (tertiary/aromatic N) is 5. The van der Waals surface area contributed by atoms with Gasteiger partial charge in [0, 0.05) is 31.3 Å². The van der Waals surface area contributed by atoms with E-state index in [1.54, 1.807) is 6.92 Å². The number of aromatic nitrogens is 3. The minimum absolute atomic E-state index is 0.115. The molecule has 32 heavy (non-hydrogen) atoms. The standard InChI is InChI=1S/C21H28N6O4S/c1-13-8-10-25(11-9-13)20-23-24-21(26(20)15-4-5-15)32-14(2)19(28)22-17-12-16(27(29)30)6-7-18(17)31-3/h6-7,12-15H,4-5,8-11H2,1-3H3,(H,22,28). The highest BCUT2D eigenvalue weighted by molar-refractivity contribution is 8.00. The van der Waals surface area contributed by atoms with Gasteiger partial charge in [0.25, 0.3) is 5.69 Å². The molecule has 11 heteroatoms. The average Bonchev–Trinajstić information content (AvgIpc) is 3.54. The summed E-state index contributed by atoms with van der Waals surface area (Å²) in [4.78, 5) is 25.8. The molecule has 4 rings (SSSR count). The highest BCUT2D eigenvalue weighted by Crippen LogP contribution is 2.42. The predicted octanol–water partition coefficient (Wildman–Crippen LogP) is 3.89. The third-order valence-corrected chi connectivity index (χ3v) is 6.98. The van der Waals surface area contributed by atoms with E-state index < -0.39 is 10.2 Å². The van der Waals surface area contributed by atoms with Gasteiger partial charge in [0.05, 0.1) is 23.0 Å². The summed E-state index contributed by atoms with van der Waals surface area (Å²) in [6, 6.07) is 4.50. The number of carbonyl (C=O) groups excluding carboxylic acids is 1. The van der Waals surface area contributed by atoms with Gasteiger partial charge in [-0.2, -0.15) is 0 Å². The summed E-state index contributed by atoms with van der Waals surface area (Å²) >= 11 is 1.35. The summed E-state index contributed by atoms with van der Waals surface area (Å²) in [6.07, 6.45) is 4.47. The molecule has 0 radical (unpaired) electrons. The van der Waals surface area contributed by atoms with Gasteiger partial charge in [-0.1, -0.05) is 18.7 Å². The van der Waals surface area contributed by atoms with Crippen LogP contribution in [0.3, 0.4) is 0 Å². The van der Waals surface area contributed by atoms with Crippen molar-refractivity contribution in [3.8, 4) is 5.75 Å². The van der Waals surface area contributed by atoms with Gasteiger partial charge in [-0.25, -0.2) is 0 Å². The maximum Gasteiger partial charge on any atom is 0.271 e. The van der Waals surface area contributed by atoms with Gasteiger partial charge in [-0.15, -0.1) is 10.2 Å². The van der Waals surface area contributed by atoms with Crippen LogP contribution in [0.1, 0.15) is 45.6 Å². The van der Waals surface area contributed by atoms with E-state index in [-0.39, 0.29) is 17.3 Å². The third kappa shape index (κ3) is 4.82. The van der Waals surface area contributed by atoms with Gasteiger partial charge < -0.3 is 15.0 Å². The van der Waals surface area contributed by atoms with Crippen LogP contribution in [0, 0.1) is 16.0 Å². The zero-order chi connectivity index (χ0) is 22.8. The van der Waals surface area contributed by atoms with Crippen LogP contribution in [0.4, 0.5) is 17.3 Å². The number of benzene rings is 1. The highest BCUT2D eigenvalue weighted by Gasteiger charge is 2.33. The molecule has 1 aliphatic heterocycles. The van der Waals surface area contributed by atoms with Crippen molar-refractivity contribution in [1.82, 2.24) is 14.8 Å². The lowest BCUT2D eigenvalue weighted by Gasteiger charge is -2.31. The van der Waals surface area contributed by atoms with E-state index in [2.05, 4.69) is 31.9 Å². The molecule has 1 N–H and O–H groups in total. The molecule has 2 aromatic rings. The Balaban J connectivity index is 1.48. The summed E-state index contributed by atoms with van der Waals surface area (Å²) < 4.78 is 7.42. The van der Waals surface area contributed by atoms with Gasteiger partial charge in [0.2, 0.25) is 11.9 Å². The Bertz CT molecular complexity index is 1000. The fraction of sp³-hybridized carbons (Fsp3) is 0.571. The molecule has 1 aromatic carbocycles. The number of nitro benzene ring substituents is 1. The number of nitrogens with one attached hydrogen (secondary N) is 1. The Hall–Kier alpha value is -2.82. The molecule has 1 saturated carbocycles. The molecule has 2 aliphatic rings. The second-order valence-corrected chi connectivity index (χ2v) is 9.75. The zero-order valence-electron chi connectivity index (χ0n) is 18.5. The van der Waals surface area contributed by atoms with E-state index in [1.165, 1.54) is 37.1 Å². The van der Waals surface area contributed by atoms with E-state index in [1.807, 2.05) is 0 Å². The molecule has 10 nitrogen and oxygen atoms in total. The van der Waals surface area contributed by atoms with Crippen molar-refractivity contribution in [2.45, 2.75) is 56.0 Å². The Morgan fingerprint density at radius 1 is 1.28 bits per heavy atom. The summed E-state index contributed by atoms with van der Waals surface area (Å²) in [7, 11) is 1.45. The first kappa shape index (κ1) is 22.4. The Kier molecular flexibility index (Phi) is 6.54. The van der Waals surface area contributed by atoms with Crippen molar-refractivity contribution in [1.29, 1.82) is 0 Å². The molecule has 1 aliphatic carbocycles. The van der Waals surface area contributed by atoms with Crippen molar-refractivity contribution in [3.63, 3.8) is 0 Å². The fourth-order valence-electron chi connectivity index (χ4n) is 3.78. The molecular weight excluding hydrogens is 432 g/mol. The number of methoxy groups -OCH3 is 1. The number of carbonyl (C=O) groups is 1. The predicted molar refractivity (Wildman–Crippen MR) is 123 cm³/mol. The number of hydrogen-bond donors (Lipinski definition) is 1. The third-order valence-electron chi connectivity index (χ3n) is 5.93. The van der Waals surface area contributed by atoms with Gasteiger partial charge >= 0.3 is 0 Å². The molecule has 1 amide bonds. The summed E-state index contributed by atoms with van der Waals surface area (Å²) in [5, 5.41) is 23.0. The first-order valence-corrected chi connectivity index (χ1v) is 11.7. The summed E-state index contributed by atoms with van der Waals surface area (Å²) in [5.41, 5.74) is 0.154. The molecule has 1 unspecified atom stereocenters. The number of piperidine rings is 1. The number of rotatable bonds is 8. The number of thioether (sulfide) groups is 1. The molecule has 0 spiro atoms. The molecular formula is C21H28N6O4S. The van der Waals surface area contributed by atoms with Crippen molar-refractivity contribution in [2.75, 3.05) is 30.4 Å². The van der Waals surface area contributed by atoms with E-state index >= 15 is 0 Å². The van der Waals surface area contributed by atoms with E-state index in [4.69, 9.17) is 4.74 Å². The topological polar surface area (TPSA) is 115 Å². The van der Waals surface area contributed by atoms with Crippen molar-refractivity contribution in [3.05, 3.63) is 28.3 Å². The smallest absolute Gasteiger partial charge is 0.271 e. The largest absolute Gasteiger partial charge is 0.495 e. The monoisotopic (exact) mass is 460 g/mol. The van der Waals surface area contributed by atoms with Gasteiger partial charge in [-0.05, 0) is 44.6 Å². The second kappa shape index (κ2) is 9.35. The second-order valence-electron chi connectivity index (χ2n) is 8.44. The molecule has 2 fully saturated rings. The van der Waals surface area contributed by atoms with Crippen LogP contribution in [-0.4, -0.2) is 51.0 Å². The Morgan fingerprint density at radius 3 is 2.62 bits per heavy atom. The average molecular weight is 461 g/mol. The first-order valence-electron chi connectivity index (χ1n) is 10.9. The minimum atomic E-state index is -0.506. The Labute approximate surface area is 190 Å². The Morgan fingerprint density at radius 2 is 2.00 bits per heavy atom. The number of ether oxygens (including phenoxy) is 1. The number of nitro groups is 1. The lowest BCUT2D eigenvalue weighted by atomic mass is 10.00. The number of non-ortho nitro benzene ring substituents is 1. The maximum absolute atomic E-state index is 12.9. The van der Waals surface area contributed by atoms with Crippen molar-refractivity contribution < 1.29 is 14.5 Å². The normalized spacial score (nSPS) is 17.8. The fourth-order valence-corrected chi connectivity index (χ4v) is 4.69. The number of hydrogen-bond acceptors (Lipinski definition) is 8. The molecule has 1 aromatic heterocycles. The highest BCUT2D eigenvalue weighted by atomic mass is 32.2. The summed E-state index contributed by atoms with van der Waals surface area (Å²) in [5.74, 6) is 1.71. The van der Waals surface area contributed by atoms with Crippen LogP contribution in [0.5, 0.6) is 5.75 Å². The SMILES string of the molecule is COc1ccc([N+](=O)[O-])cc1NC(=O)C(C)Sc1nnc(N2CCC(C)CC2)n1C1CC1. The lowest BCUT2D eigenvalue weighted by molar-refractivity contribution is -0.384. The quantitative estimate of drug-likeness (QED) is 0.358. The number of amides is 1. The van der Waals surface area contributed by atoms with Crippen LogP contribution in [0.15, 0.2) is 23.4 Å². The maximum atomic E-state index is 12.9. The van der Waals surface area contributed by atoms with Gasteiger partial charge in [-0.3, -0.25) is 19.5 Å².